The molecule has 4 unspecified atom stereocenters. The van der Waals surface area contributed by atoms with Crippen molar-refractivity contribution in [2.75, 3.05) is 6.54 Å². The van der Waals surface area contributed by atoms with Gasteiger partial charge in [0.15, 0.2) is 0 Å². The van der Waals surface area contributed by atoms with Crippen LogP contribution < -0.4 is 27.4 Å². The van der Waals surface area contributed by atoms with Crippen LogP contribution >= 0.6 is 0 Å². The van der Waals surface area contributed by atoms with Gasteiger partial charge in [0.1, 0.15) is 18.1 Å². The molecule has 0 fully saturated rings. The number of H-pyrrole nitrogens is 1. The van der Waals surface area contributed by atoms with Crippen LogP contribution in [-0.4, -0.2) is 75.6 Å². The van der Waals surface area contributed by atoms with Crippen molar-refractivity contribution in [3.8, 4) is 0 Å². The first kappa shape index (κ1) is 32.8. The average molecular weight is 595 g/mol. The van der Waals surface area contributed by atoms with E-state index in [0.29, 0.717) is 19.4 Å². The number of carboxylic acid groups (broad SMARTS) is 2. The number of nitrogens with two attached hydrogens (primary N) is 2. The summed E-state index contributed by atoms with van der Waals surface area (Å²) in [4.78, 5) is 65.7. The van der Waals surface area contributed by atoms with Gasteiger partial charge in [-0.15, -0.1) is 0 Å². The number of aromatic nitrogens is 1. The molecule has 0 saturated heterocycles. The molecule has 2 aromatic carbocycles. The number of hydrogen-bond acceptors (Lipinski definition) is 7. The normalized spacial score (nSPS) is 13.8. The van der Waals surface area contributed by atoms with Gasteiger partial charge in [0.25, 0.3) is 0 Å². The second-order valence-corrected chi connectivity index (χ2v) is 10.3. The largest absolute Gasteiger partial charge is 0.481 e. The Hall–Kier alpha value is -4.75. The molecule has 0 saturated carbocycles. The molecule has 1 heterocycles. The molecule has 3 rings (SSSR count). The van der Waals surface area contributed by atoms with Crippen molar-refractivity contribution >= 4 is 40.6 Å². The highest BCUT2D eigenvalue weighted by Crippen LogP contribution is 2.19. The Morgan fingerprint density at radius 2 is 1.40 bits per heavy atom. The van der Waals surface area contributed by atoms with Crippen molar-refractivity contribution in [3.63, 3.8) is 0 Å². The molecule has 0 radical (unpaired) electrons. The number of benzene rings is 2. The van der Waals surface area contributed by atoms with Crippen molar-refractivity contribution < 1.29 is 34.2 Å². The van der Waals surface area contributed by atoms with Crippen molar-refractivity contribution in [2.45, 2.75) is 62.7 Å². The van der Waals surface area contributed by atoms with E-state index in [1.165, 1.54) is 0 Å². The number of amides is 3. The van der Waals surface area contributed by atoms with Crippen molar-refractivity contribution in [1.29, 1.82) is 0 Å². The number of aromatic amines is 1. The summed E-state index contributed by atoms with van der Waals surface area (Å²) in [6.07, 6.45) is 2.24. The number of carbonyl (C=O) groups excluding carboxylic acids is 3. The quantitative estimate of drug-likeness (QED) is 0.101. The van der Waals surface area contributed by atoms with Gasteiger partial charge in [-0.25, -0.2) is 4.79 Å². The molecule has 230 valence electrons. The van der Waals surface area contributed by atoms with Gasteiger partial charge >= 0.3 is 11.9 Å². The summed E-state index contributed by atoms with van der Waals surface area (Å²) in [5, 5.41) is 26.8. The smallest absolute Gasteiger partial charge is 0.326 e. The minimum Gasteiger partial charge on any atom is -0.481 e. The third kappa shape index (κ3) is 9.94. The predicted molar refractivity (Wildman–Crippen MR) is 159 cm³/mol. The number of hydrogen-bond donors (Lipinski definition) is 8. The standard InChI is InChI=1S/C30H38N6O7/c31-13-7-6-12-23(28(40)36-25(30(42)43)16-26(37)38)34-29(41)24(15-19-17-33-22-11-5-4-10-20(19)22)35-27(39)21(32)14-18-8-2-1-3-9-18/h1-5,8-11,17,21,23-25,33H,6-7,12-16,31-32H2,(H,34,41)(H,35,39)(H,36,40)(H,37,38)(H,42,43). The monoisotopic (exact) mass is 594 g/mol. The second-order valence-electron chi connectivity index (χ2n) is 10.3. The zero-order valence-corrected chi connectivity index (χ0v) is 23.6. The van der Waals surface area contributed by atoms with Crippen molar-refractivity contribution in [2.24, 2.45) is 11.5 Å². The van der Waals surface area contributed by atoms with Gasteiger partial charge in [-0.05, 0) is 49.4 Å². The molecular formula is C30H38N6O7. The Morgan fingerprint density at radius 3 is 2.07 bits per heavy atom. The van der Waals surface area contributed by atoms with E-state index >= 15 is 0 Å². The maximum Gasteiger partial charge on any atom is 0.326 e. The minimum atomic E-state index is -1.70. The van der Waals surface area contributed by atoms with Gasteiger partial charge < -0.3 is 42.6 Å². The first-order valence-electron chi connectivity index (χ1n) is 14.0. The van der Waals surface area contributed by atoms with E-state index in [0.717, 1.165) is 22.0 Å². The summed E-state index contributed by atoms with van der Waals surface area (Å²) in [6.45, 7) is 0.331. The highest BCUT2D eigenvalue weighted by atomic mass is 16.4. The Labute approximate surface area is 248 Å². The number of para-hydroxylation sites is 1. The van der Waals surface area contributed by atoms with E-state index in [-0.39, 0.29) is 19.3 Å². The van der Waals surface area contributed by atoms with Crippen LogP contribution in [0.1, 0.15) is 36.8 Å². The molecule has 4 atom stereocenters. The lowest BCUT2D eigenvalue weighted by molar-refractivity contribution is -0.147. The third-order valence-electron chi connectivity index (χ3n) is 6.94. The van der Waals surface area contributed by atoms with E-state index in [1.807, 2.05) is 54.6 Å². The van der Waals surface area contributed by atoms with E-state index in [2.05, 4.69) is 20.9 Å². The van der Waals surface area contributed by atoms with Gasteiger partial charge in [-0.1, -0.05) is 48.5 Å². The number of nitrogens with one attached hydrogen (secondary N) is 4. The third-order valence-corrected chi connectivity index (χ3v) is 6.94. The SMILES string of the molecule is NCCCCC(NC(=O)C(Cc1c[nH]c2ccccc12)NC(=O)C(N)Cc1ccccc1)C(=O)NC(CC(=O)O)C(=O)O. The molecule has 43 heavy (non-hydrogen) atoms. The Balaban J connectivity index is 1.83. The molecule has 13 nitrogen and oxygen atoms in total. The Bertz CT molecular complexity index is 1410. The maximum atomic E-state index is 13.7. The fraction of sp³-hybridized carbons (Fsp3) is 0.367. The van der Waals surface area contributed by atoms with Gasteiger partial charge in [0.05, 0.1) is 12.5 Å². The van der Waals surface area contributed by atoms with E-state index in [1.54, 1.807) is 6.20 Å². The number of aliphatic carboxylic acids is 2. The average Bonchev–Trinajstić information content (AvgIpc) is 3.38. The topological polar surface area (TPSA) is 230 Å². The van der Waals surface area contributed by atoms with Crippen LogP contribution in [-0.2, 0) is 36.8 Å². The lowest BCUT2D eigenvalue weighted by atomic mass is 10.0. The number of fused-ring (bicyclic) bond motifs is 1. The molecule has 3 amide bonds. The summed E-state index contributed by atoms with van der Waals surface area (Å²) < 4.78 is 0. The van der Waals surface area contributed by atoms with Crippen LogP contribution in [0.5, 0.6) is 0 Å². The number of carboxylic acids is 2. The van der Waals surface area contributed by atoms with Crippen molar-refractivity contribution in [3.05, 3.63) is 71.9 Å². The Kier molecular flexibility index (Phi) is 12.2. The highest BCUT2D eigenvalue weighted by Gasteiger charge is 2.31. The van der Waals surface area contributed by atoms with Gasteiger partial charge in [-0.3, -0.25) is 19.2 Å². The van der Waals surface area contributed by atoms with Gasteiger partial charge in [0, 0.05) is 23.5 Å². The molecule has 0 aliphatic carbocycles. The number of unbranched alkanes of at least 4 members (excludes halogenated alkanes) is 1. The fourth-order valence-electron chi connectivity index (χ4n) is 4.65. The molecular weight excluding hydrogens is 556 g/mol. The van der Waals surface area contributed by atoms with Gasteiger partial charge in [-0.2, -0.15) is 0 Å². The molecule has 0 bridgehead atoms. The molecule has 13 heteroatoms. The summed E-state index contributed by atoms with van der Waals surface area (Å²) in [6, 6.07) is 11.6. The van der Waals surface area contributed by atoms with E-state index in [4.69, 9.17) is 16.6 Å². The minimum absolute atomic E-state index is 0.0630. The first-order chi connectivity index (χ1) is 20.6. The molecule has 0 aliphatic rings. The van der Waals surface area contributed by atoms with Crippen molar-refractivity contribution in [1.82, 2.24) is 20.9 Å². The lowest BCUT2D eigenvalue weighted by Crippen LogP contribution is -2.58. The van der Waals surface area contributed by atoms with E-state index < -0.39 is 60.2 Å². The van der Waals surface area contributed by atoms with Crippen LogP contribution in [0.4, 0.5) is 0 Å². The second kappa shape index (κ2) is 16.0. The molecule has 1 aromatic heterocycles. The van der Waals surface area contributed by atoms with Crippen LogP contribution in [0.3, 0.4) is 0 Å². The van der Waals surface area contributed by atoms with Crippen LogP contribution in [0, 0.1) is 0 Å². The van der Waals surface area contributed by atoms with E-state index in [9.17, 15) is 29.1 Å². The van der Waals surface area contributed by atoms with Crippen LogP contribution in [0.25, 0.3) is 10.9 Å². The summed E-state index contributed by atoms with van der Waals surface area (Å²) >= 11 is 0. The lowest BCUT2D eigenvalue weighted by Gasteiger charge is -2.25. The summed E-state index contributed by atoms with van der Waals surface area (Å²) in [5.41, 5.74) is 14.2. The zero-order chi connectivity index (χ0) is 31.4. The number of rotatable bonds is 17. The van der Waals surface area contributed by atoms with Crippen LogP contribution in [0.15, 0.2) is 60.8 Å². The predicted octanol–water partition coefficient (Wildman–Crippen LogP) is 0.423. The molecule has 0 aliphatic heterocycles. The first-order valence-corrected chi connectivity index (χ1v) is 14.0. The maximum absolute atomic E-state index is 13.7. The summed E-state index contributed by atoms with van der Waals surface area (Å²) in [7, 11) is 0. The van der Waals surface area contributed by atoms with Crippen LogP contribution in [0.2, 0.25) is 0 Å². The molecule has 10 N–H and O–H groups in total. The molecule has 3 aromatic rings. The highest BCUT2D eigenvalue weighted by molar-refractivity contribution is 5.95. The molecule has 0 spiro atoms. The zero-order valence-electron chi connectivity index (χ0n) is 23.6. The van der Waals surface area contributed by atoms with Gasteiger partial charge in [0.2, 0.25) is 17.7 Å². The summed E-state index contributed by atoms with van der Waals surface area (Å²) in [5.74, 6) is -5.06. The number of carbonyl (C=O) groups is 5. The fourth-order valence-corrected chi connectivity index (χ4v) is 4.65. The Morgan fingerprint density at radius 1 is 0.767 bits per heavy atom.